The van der Waals surface area contributed by atoms with Gasteiger partial charge in [0.2, 0.25) is 5.91 Å². The second-order valence-corrected chi connectivity index (χ2v) is 7.05. The molecule has 0 aliphatic carbocycles. The Bertz CT molecular complexity index is 759. The third kappa shape index (κ3) is 3.66. The Morgan fingerprint density at radius 3 is 2.88 bits per heavy atom. The van der Waals surface area contributed by atoms with E-state index >= 15 is 0 Å². The molecule has 1 fully saturated rings. The lowest BCUT2D eigenvalue weighted by Crippen LogP contribution is -2.38. The van der Waals surface area contributed by atoms with Crippen molar-refractivity contribution in [3.63, 3.8) is 0 Å². The van der Waals surface area contributed by atoms with Gasteiger partial charge in [-0.1, -0.05) is 30.3 Å². The number of rotatable bonds is 5. The minimum atomic E-state index is -0.183. The van der Waals surface area contributed by atoms with Crippen LogP contribution in [0.4, 0.5) is 0 Å². The number of amides is 1. The Labute approximate surface area is 153 Å². The Morgan fingerprint density at radius 2 is 2.12 bits per heavy atom. The van der Waals surface area contributed by atoms with E-state index in [4.69, 9.17) is 14.6 Å². The zero-order valence-electron chi connectivity index (χ0n) is 15.1. The predicted octanol–water partition coefficient (Wildman–Crippen LogP) is 2.09. The highest BCUT2D eigenvalue weighted by atomic mass is 16.5. The number of carbonyl (C=O) groups is 1. The maximum Gasteiger partial charge on any atom is 0.225 e. The van der Waals surface area contributed by atoms with E-state index in [0.29, 0.717) is 19.8 Å². The molecule has 2 aliphatic heterocycles. The SMILES string of the molecule is C[C@@H]1OCC[C@@H]1C(=O)NCC1OCCc2cn(Cc3ccccc3)nc21. The maximum atomic E-state index is 12.4. The highest BCUT2D eigenvalue weighted by molar-refractivity contribution is 5.79. The molecule has 4 rings (SSSR count). The van der Waals surface area contributed by atoms with Crippen molar-refractivity contribution in [2.75, 3.05) is 19.8 Å². The monoisotopic (exact) mass is 355 g/mol. The van der Waals surface area contributed by atoms with E-state index in [0.717, 1.165) is 25.1 Å². The fraction of sp³-hybridized carbons (Fsp3) is 0.500. The fourth-order valence-electron chi connectivity index (χ4n) is 3.74. The van der Waals surface area contributed by atoms with E-state index in [9.17, 15) is 4.79 Å². The summed E-state index contributed by atoms with van der Waals surface area (Å²) >= 11 is 0. The van der Waals surface area contributed by atoms with Crippen LogP contribution in [0.2, 0.25) is 0 Å². The normalized spacial score (nSPS) is 25.0. The number of nitrogens with zero attached hydrogens (tertiary/aromatic N) is 2. The summed E-state index contributed by atoms with van der Waals surface area (Å²) in [6, 6.07) is 10.3. The van der Waals surface area contributed by atoms with Gasteiger partial charge in [0.15, 0.2) is 0 Å². The van der Waals surface area contributed by atoms with Crippen molar-refractivity contribution in [3.8, 4) is 0 Å². The van der Waals surface area contributed by atoms with Crippen LogP contribution in [0.5, 0.6) is 0 Å². The van der Waals surface area contributed by atoms with Gasteiger partial charge in [0.1, 0.15) is 6.10 Å². The molecule has 0 radical (unpaired) electrons. The second kappa shape index (κ2) is 7.60. The predicted molar refractivity (Wildman–Crippen MR) is 96.7 cm³/mol. The van der Waals surface area contributed by atoms with Crippen LogP contribution in [0, 0.1) is 5.92 Å². The number of hydrogen-bond acceptors (Lipinski definition) is 4. The quantitative estimate of drug-likeness (QED) is 0.892. The summed E-state index contributed by atoms with van der Waals surface area (Å²) in [7, 11) is 0. The van der Waals surface area contributed by atoms with Crippen LogP contribution in [-0.4, -0.2) is 41.6 Å². The van der Waals surface area contributed by atoms with E-state index in [1.807, 2.05) is 29.8 Å². The van der Waals surface area contributed by atoms with Crippen LogP contribution in [0.1, 0.15) is 36.3 Å². The van der Waals surface area contributed by atoms with Crippen molar-refractivity contribution < 1.29 is 14.3 Å². The average Bonchev–Trinajstić information content (AvgIpc) is 3.26. The summed E-state index contributed by atoms with van der Waals surface area (Å²) in [6.45, 7) is 4.47. The first-order chi connectivity index (χ1) is 12.7. The minimum Gasteiger partial charge on any atom is -0.378 e. The molecule has 1 unspecified atom stereocenters. The zero-order chi connectivity index (χ0) is 17.9. The molecule has 26 heavy (non-hydrogen) atoms. The number of benzene rings is 1. The van der Waals surface area contributed by atoms with Crippen molar-refractivity contribution in [1.82, 2.24) is 15.1 Å². The van der Waals surface area contributed by atoms with Gasteiger partial charge in [-0.3, -0.25) is 9.48 Å². The van der Waals surface area contributed by atoms with Gasteiger partial charge in [0.25, 0.3) is 0 Å². The van der Waals surface area contributed by atoms with E-state index in [1.165, 1.54) is 11.1 Å². The highest BCUT2D eigenvalue weighted by Gasteiger charge is 2.32. The Kier molecular flexibility index (Phi) is 5.04. The highest BCUT2D eigenvalue weighted by Crippen LogP contribution is 2.26. The summed E-state index contributed by atoms with van der Waals surface area (Å²) in [6.07, 6.45) is 3.56. The molecule has 1 aromatic carbocycles. The first kappa shape index (κ1) is 17.2. The van der Waals surface area contributed by atoms with Crippen molar-refractivity contribution in [2.24, 2.45) is 5.92 Å². The smallest absolute Gasteiger partial charge is 0.225 e. The van der Waals surface area contributed by atoms with E-state index in [1.54, 1.807) is 0 Å². The van der Waals surface area contributed by atoms with Crippen molar-refractivity contribution in [2.45, 2.75) is 38.5 Å². The van der Waals surface area contributed by atoms with Gasteiger partial charge < -0.3 is 14.8 Å². The van der Waals surface area contributed by atoms with Crippen LogP contribution >= 0.6 is 0 Å². The molecule has 2 aliphatic rings. The molecule has 1 amide bonds. The van der Waals surface area contributed by atoms with Gasteiger partial charge in [-0.25, -0.2) is 0 Å². The second-order valence-electron chi connectivity index (χ2n) is 7.05. The van der Waals surface area contributed by atoms with Crippen LogP contribution < -0.4 is 5.32 Å². The van der Waals surface area contributed by atoms with Gasteiger partial charge in [-0.2, -0.15) is 5.10 Å². The van der Waals surface area contributed by atoms with Crippen molar-refractivity contribution >= 4 is 5.91 Å². The minimum absolute atomic E-state index is 0.0112. The molecule has 3 heterocycles. The number of carbonyl (C=O) groups excluding carboxylic acids is 1. The summed E-state index contributed by atoms with van der Waals surface area (Å²) in [4.78, 5) is 12.4. The molecule has 6 heteroatoms. The molecule has 1 saturated heterocycles. The Morgan fingerprint density at radius 1 is 1.27 bits per heavy atom. The van der Waals surface area contributed by atoms with E-state index in [-0.39, 0.29) is 24.0 Å². The lowest BCUT2D eigenvalue weighted by Gasteiger charge is -2.23. The number of nitrogens with one attached hydrogen (secondary N) is 1. The molecule has 2 aromatic rings. The molecular formula is C20H25N3O3. The molecular weight excluding hydrogens is 330 g/mol. The summed E-state index contributed by atoms with van der Waals surface area (Å²) in [5.41, 5.74) is 3.38. The number of ether oxygens (including phenoxy) is 2. The topological polar surface area (TPSA) is 65.4 Å². The summed E-state index contributed by atoms with van der Waals surface area (Å²) in [5.74, 6) is -0.0110. The average molecular weight is 355 g/mol. The molecule has 1 N–H and O–H groups in total. The van der Waals surface area contributed by atoms with Crippen molar-refractivity contribution in [1.29, 1.82) is 0 Å². The zero-order valence-corrected chi connectivity index (χ0v) is 15.1. The lowest BCUT2D eigenvalue weighted by molar-refractivity contribution is -0.127. The first-order valence-corrected chi connectivity index (χ1v) is 9.32. The van der Waals surface area contributed by atoms with Crippen LogP contribution in [-0.2, 0) is 27.2 Å². The third-order valence-corrected chi connectivity index (χ3v) is 5.23. The lowest BCUT2D eigenvalue weighted by atomic mass is 10.0. The van der Waals surface area contributed by atoms with Crippen LogP contribution in [0.25, 0.3) is 0 Å². The Hall–Kier alpha value is -2.18. The number of aromatic nitrogens is 2. The number of hydrogen-bond donors (Lipinski definition) is 1. The molecule has 3 atom stereocenters. The van der Waals surface area contributed by atoms with Gasteiger partial charge in [-0.05, 0) is 30.9 Å². The van der Waals surface area contributed by atoms with E-state index in [2.05, 4.69) is 23.6 Å². The Balaban J connectivity index is 1.41. The van der Waals surface area contributed by atoms with E-state index < -0.39 is 0 Å². The maximum absolute atomic E-state index is 12.4. The third-order valence-electron chi connectivity index (χ3n) is 5.23. The fourth-order valence-corrected chi connectivity index (χ4v) is 3.74. The summed E-state index contributed by atoms with van der Waals surface area (Å²) in [5, 5.41) is 7.76. The largest absolute Gasteiger partial charge is 0.378 e. The molecule has 0 saturated carbocycles. The van der Waals surface area contributed by atoms with Gasteiger partial charge >= 0.3 is 0 Å². The van der Waals surface area contributed by atoms with Gasteiger partial charge in [0.05, 0.1) is 30.9 Å². The molecule has 0 bridgehead atoms. The first-order valence-electron chi connectivity index (χ1n) is 9.32. The summed E-state index contributed by atoms with van der Waals surface area (Å²) < 4.78 is 13.3. The van der Waals surface area contributed by atoms with Crippen molar-refractivity contribution in [3.05, 3.63) is 53.3 Å². The molecule has 0 spiro atoms. The molecule has 1 aromatic heterocycles. The van der Waals surface area contributed by atoms with Gasteiger partial charge in [-0.15, -0.1) is 0 Å². The number of fused-ring (bicyclic) bond motifs is 1. The molecule has 138 valence electrons. The molecule has 6 nitrogen and oxygen atoms in total. The standard InChI is InChI=1S/C20H25N3O3/c1-14-17(8-10-25-14)20(24)21-11-18-19-16(7-9-26-18)13-23(22-19)12-15-5-3-2-4-6-15/h2-6,13-14,17-18H,7-12H2,1H3,(H,21,24)/t14-,17-,18?/m0/s1. The van der Waals surface area contributed by atoms with Crippen LogP contribution in [0.15, 0.2) is 36.5 Å². The van der Waals surface area contributed by atoms with Crippen LogP contribution in [0.3, 0.4) is 0 Å². The van der Waals surface area contributed by atoms with Gasteiger partial charge in [0, 0.05) is 19.3 Å².